The predicted molar refractivity (Wildman–Crippen MR) is 66.6 cm³/mol. The maximum absolute atomic E-state index is 9.04. The van der Waals surface area contributed by atoms with Crippen molar-refractivity contribution in [2.45, 2.75) is 13.5 Å². The number of benzene rings is 1. The van der Waals surface area contributed by atoms with E-state index in [9.17, 15) is 0 Å². The minimum absolute atomic E-state index is 0.221. The van der Waals surface area contributed by atoms with Gasteiger partial charge in [0.05, 0.1) is 6.54 Å². The predicted octanol–water partition coefficient (Wildman–Crippen LogP) is 1.09. The summed E-state index contributed by atoms with van der Waals surface area (Å²) in [6.45, 7) is 2.12. The molecule has 0 saturated carbocycles. The second-order valence-corrected chi connectivity index (χ2v) is 4.21. The monoisotopic (exact) mass is 317 g/mol. The molecule has 1 aromatic rings. The van der Waals surface area contributed by atoms with Gasteiger partial charge in [0.15, 0.2) is 0 Å². The molecule has 0 aliphatic rings. The van der Waals surface area contributed by atoms with Crippen LogP contribution >= 0.6 is 22.6 Å². The maximum Gasteiger partial charge on any atom is 0.488 e. The Hall–Kier alpha value is -0.755. The first kappa shape index (κ1) is 12.3. The van der Waals surface area contributed by atoms with Crippen LogP contribution in [0.1, 0.15) is 11.1 Å². The summed E-state index contributed by atoms with van der Waals surface area (Å²) in [6.07, 6.45) is 0. The molecule has 0 fully saturated rings. The molecule has 5 nitrogen and oxygen atoms in total. The zero-order chi connectivity index (χ0) is 11.4. The summed E-state index contributed by atoms with van der Waals surface area (Å²) in [4.78, 5) is 2.67. The third-order valence-corrected chi connectivity index (χ3v) is 3.20. The third kappa shape index (κ3) is 3.10. The van der Waals surface area contributed by atoms with E-state index < -0.39 is 7.12 Å². The van der Waals surface area contributed by atoms with Crippen LogP contribution < -0.4 is 5.46 Å². The van der Waals surface area contributed by atoms with Gasteiger partial charge in [-0.25, -0.2) is 0 Å². The number of hydrogen-bond donors (Lipinski definition) is 2. The number of nitrogens with zero attached hydrogens (tertiary/aromatic N) is 3. The number of hydrogen-bond acceptors (Lipinski definition) is 3. The van der Waals surface area contributed by atoms with Gasteiger partial charge in [-0.15, -0.1) is 0 Å². The smallest absolute Gasteiger partial charge is 0.423 e. The van der Waals surface area contributed by atoms with Crippen LogP contribution in [0, 0.1) is 10.5 Å². The van der Waals surface area contributed by atoms with Crippen LogP contribution in [0.5, 0.6) is 0 Å². The van der Waals surface area contributed by atoms with E-state index >= 15 is 0 Å². The van der Waals surface area contributed by atoms with Crippen LogP contribution in [0.25, 0.3) is 10.4 Å². The molecule has 0 radical (unpaired) electrons. The highest BCUT2D eigenvalue weighted by Crippen LogP contribution is 2.15. The summed E-state index contributed by atoms with van der Waals surface area (Å²) in [5.74, 6) is 0. The lowest BCUT2D eigenvalue weighted by molar-refractivity contribution is 0.425. The van der Waals surface area contributed by atoms with E-state index in [1.165, 1.54) is 0 Å². The Balaban J connectivity index is 3.18. The van der Waals surface area contributed by atoms with Gasteiger partial charge in [-0.2, -0.15) is 0 Å². The van der Waals surface area contributed by atoms with Gasteiger partial charge < -0.3 is 10.0 Å². The van der Waals surface area contributed by atoms with Gasteiger partial charge in [-0.3, -0.25) is 0 Å². The molecule has 2 N–H and O–H groups in total. The summed E-state index contributed by atoms with van der Waals surface area (Å²) < 4.78 is 0.918. The Morgan fingerprint density at radius 1 is 1.53 bits per heavy atom. The molecule has 15 heavy (non-hydrogen) atoms. The molecule has 0 atom stereocenters. The first-order chi connectivity index (χ1) is 7.06. The van der Waals surface area contributed by atoms with E-state index in [2.05, 4.69) is 32.6 Å². The third-order valence-electron chi connectivity index (χ3n) is 2.08. The lowest BCUT2D eigenvalue weighted by Gasteiger charge is -2.08. The molecule has 0 amide bonds. The molecular formula is C8H9BIN3O2. The van der Waals surface area contributed by atoms with Crippen LogP contribution in [0.15, 0.2) is 17.2 Å². The number of halogens is 1. The Bertz CT molecular complexity index is 419. The van der Waals surface area contributed by atoms with E-state index in [1.54, 1.807) is 12.1 Å². The van der Waals surface area contributed by atoms with E-state index in [0.29, 0.717) is 5.46 Å². The normalized spacial score (nSPS) is 9.60. The van der Waals surface area contributed by atoms with Crippen LogP contribution in [0.4, 0.5) is 0 Å². The molecule has 0 saturated heterocycles. The Labute approximate surface area is 101 Å². The fourth-order valence-corrected chi connectivity index (χ4v) is 1.89. The first-order valence-corrected chi connectivity index (χ1v) is 5.30. The fraction of sp³-hybridized carbons (Fsp3) is 0.250. The summed E-state index contributed by atoms with van der Waals surface area (Å²) in [5, 5.41) is 21.5. The minimum Gasteiger partial charge on any atom is -0.423 e. The van der Waals surface area contributed by atoms with E-state index in [1.807, 2.05) is 6.92 Å². The molecule has 0 aliphatic heterocycles. The summed E-state index contributed by atoms with van der Waals surface area (Å²) in [7, 11) is -1.50. The largest absolute Gasteiger partial charge is 0.488 e. The van der Waals surface area contributed by atoms with Crippen molar-refractivity contribution in [3.8, 4) is 0 Å². The van der Waals surface area contributed by atoms with Gasteiger partial charge in [-0.1, -0.05) is 11.2 Å². The van der Waals surface area contributed by atoms with Gasteiger partial charge in [-0.05, 0) is 57.7 Å². The van der Waals surface area contributed by atoms with Crippen LogP contribution in [0.2, 0.25) is 0 Å². The van der Waals surface area contributed by atoms with Crippen LogP contribution in [0.3, 0.4) is 0 Å². The standard InChI is InChI=1S/C8H9BIN3O2/c1-5-6(4-12-13-11)2-7(9(14)15)3-8(5)10/h2-3,14-15H,4H2,1H3. The Morgan fingerprint density at radius 3 is 2.73 bits per heavy atom. The van der Waals surface area contributed by atoms with Crippen molar-refractivity contribution in [1.82, 2.24) is 0 Å². The van der Waals surface area contributed by atoms with Gasteiger partial charge >= 0.3 is 7.12 Å². The van der Waals surface area contributed by atoms with Crippen molar-refractivity contribution < 1.29 is 10.0 Å². The van der Waals surface area contributed by atoms with E-state index in [0.717, 1.165) is 14.7 Å². The van der Waals surface area contributed by atoms with E-state index in [4.69, 9.17) is 15.6 Å². The molecule has 0 bridgehead atoms. The molecule has 78 valence electrons. The number of rotatable bonds is 3. The lowest BCUT2D eigenvalue weighted by atomic mass is 9.79. The molecule has 7 heteroatoms. The average molecular weight is 317 g/mol. The number of azide groups is 1. The molecule has 1 rings (SSSR count). The highest BCUT2D eigenvalue weighted by Gasteiger charge is 2.14. The SMILES string of the molecule is Cc1c(I)cc(B(O)O)cc1CN=[N+]=[N-]. The van der Waals surface area contributed by atoms with Crippen molar-refractivity contribution >= 4 is 35.2 Å². The lowest BCUT2D eigenvalue weighted by Crippen LogP contribution is -2.30. The van der Waals surface area contributed by atoms with Crippen molar-refractivity contribution in [3.63, 3.8) is 0 Å². The van der Waals surface area contributed by atoms with Gasteiger partial charge in [0.1, 0.15) is 0 Å². The van der Waals surface area contributed by atoms with Crippen molar-refractivity contribution in [3.05, 3.63) is 37.3 Å². The quantitative estimate of drug-likeness (QED) is 0.287. The molecule has 1 aromatic carbocycles. The second kappa shape index (κ2) is 5.36. The van der Waals surface area contributed by atoms with Crippen molar-refractivity contribution in [2.75, 3.05) is 0 Å². The fourth-order valence-electron chi connectivity index (χ4n) is 1.18. The Morgan fingerprint density at radius 2 is 2.20 bits per heavy atom. The topological polar surface area (TPSA) is 89.2 Å². The highest BCUT2D eigenvalue weighted by atomic mass is 127. The first-order valence-electron chi connectivity index (χ1n) is 4.22. The van der Waals surface area contributed by atoms with Gasteiger partial charge in [0.25, 0.3) is 0 Å². The second-order valence-electron chi connectivity index (χ2n) is 3.05. The minimum atomic E-state index is -1.50. The molecule has 0 aromatic heterocycles. The molecule has 0 spiro atoms. The van der Waals surface area contributed by atoms with Crippen molar-refractivity contribution in [2.24, 2.45) is 5.11 Å². The zero-order valence-electron chi connectivity index (χ0n) is 8.05. The van der Waals surface area contributed by atoms with Crippen molar-refractivity contribution in [1.29, 1.82) is 0 Å². The highest BCUT2D eigenvalue weighted by molar-refractivity contribution is 14.1. The molecule has 0 aliphatic carbocycles. The van der Waals surface area contributed by atoms with E-state index in [-0.39, 0.29) is 6.54 Å². The Kier molecular flexibility index (Phi) is 4.40. The van der Waals surface area contributed by atoms with Crippen LogP contribution in [-0.4, -0.2) is 17.2 Å². The summed E-state index contributed by atoms with van der Waals surface area (Å²) in [5.41, 5.74) is 10.4. The average Bonchev–Trinajstić information content (AvgIpc) is 2.19. The zero-order valence-corrected chi connectivity index (χ0v) is 10.2. The maximum atomic E-state index is 9.04. The molecular weight excluding hydrogens is 308 g/mol. The summed E-state index contributed by atoms with van der Waals surface area (Å²) >= 11 is 2.10. The molecule has 0 heterocycles. The van der Waals surface area contributed by atoms with Gasteiger partial charge in [0, 0.05) is 8.48 Å². The van der Waals surface area contributed by atoms with Gasteiger partial charge in [0.2, 0.25) is 0 Å². The van der Waals surface area contributed by atoms with Crippen LogP contribution in [-0.2, 0) is 6.54 Å². The summed E-state index contributed by atoms with van der Waals surface area (Å²) in [6, 6.07) is 3.33. The molecule has 0 unspecified atom stereocenters.